The molecule has 0 radical (unpaired) electrons. The van der Waals surface area contributed by atoms with Crippen molar-refractivity contribution >= 4 is 17.7 Å². The molecule has 0 bridgehead atoms. The van der Waals surface area contributed by atoms with Gasteiger partial charge in [-0.05, 0) is 29.3 Å². The highest BCUT2D eigenvalue weighted by Crippen LogP contribution is 2.23. The second-order valence-electron chi connectivity index (χ2n) is 3.61. The summed E-state index contributed by atoms with van der Waals surface area (Å²) in [6, 6.07) is 15.1. The number of thiol groups is 1. The molecule has 0 fully saturated rings. The lowest BCUT2D eigenvalue weighted by Crippen LogP contribution is -1.89. The van der Waals surface area contributed by atoms with Crippen LogP contribution >= 0.6 is 12.6 Å². The van der Waals surface area contributed by atoms with Crippen molar-refractivity contribution in [1.82, 2.24) is 0 Å². The van der Waals surface area contributed by atoms with E-state index in [9.17, 15) is 4.79 Å². The van der Waals surface area contributed by atoms with Gasteiger partial charge in [-0.1, -0.05) is 30.3 Å². The second kappa shape index (κ2) is 5.06. The zero-order chi connectivity index (χ0) is 12.3. The average molecular weight is 244 g/mol. The second-order valence-corrected chi connectivity index (χ2v) is 4.02. The Morgan fingerprint density at radius 1 is 1.06 bits per heavy atom. The first kappa shape index (κ1) is 11.7. The van der Waals surface area contributed by atoms with Crippen LogP contribution in [0.25, 0.3) is 11.1 Å². The molecule has 0 aliphatic rings. The number of rotatable bonds is 3. The first-order valence-electron chi connectivity index (χ1n) is 5.18. The minimum absolute atomic E-state index is 0.222. The molecule has 2 aromatic rings. The van der Waals surface area contributed by atoms with Crippen molar-refractivity contribution in [1.29, 1.82) is 0 Å². The number of ether oxygens (including phenoxy) is 1. The molecule has 0 amide bonds. The first-order valence-corrected chi connectivity index (χ1v) is 5.63. The maximum absolute atomic E-state index is 11.2. The molecule has 3 heteroatoms. The lowest BCUT2D eigenvalue weighted by Gasteiger charge is -2.04. The first-order chi connectivity index (χ1) is 8.20. The standard InChI is InChI=1S/C14H12O2S/c1-16-13-7-5-10(6-8-13)11-3-2-4-12(9-11)14(15)17/h2-9H,1H3,(H,15,17). The third kappa shape index (κ3) is 2.68. The van der Waals surface area contributed by atoms with Crippen molar-refractivity contribution in [2.45, 2.75) is 0 Å². The van der Waals surface area contributed by atoms with Crippen LogP contribution in [0.1, 0.15) is 10.4 Å². The van der Waals surface area contributed by atoms with Crippen LogP contribution in [0.3, 0.4) is 0 Å². The minimum Gasteiger partial charge on any atom is -0.497 e. The van der Waals surface area contributed by atoms with Gasteiger partial charge in [-0.25, -0.2) is 0 Å². The van der Waals surface area contributed by atoms with Gasteiger partial charge in [-0.2, -0.15) is 0 Å². The SMILES string of the molecule is COc1ccc(-c2cccc(C(=O)S)c2)cc1. The summed E-state index contributed by atoms with van der Waals surface area (Å²) < 4.78 is 5.10. The number of carbonyl (C=O) groups is 1. The average Bonchev–Trinajstić information content (AvgIpc) is 2.39. The predicted octanol–water partition coefficient (Wildman–Crippen LogP) is 3.43. The monoisotopic (exact) mass is 244 g/mol. The highest BCUT2D eigenvalue weighted by atomic mass is 32.1. The summed E-state index contributed by atoms with van der Waals surface area (Å²) in [6.07, 6.45) is 0. The molecular formula is C14H12O2S. The van der Waals surface area contributed by atoms with Crippen molar-refractivity contribution in [3.8, 4) is 16.9 Å². The Kier molecular flexibility index (Phi) is 3.49. The van der Waals surface area contributed by atoms with Crippen LogP contribution in [0.15, 0.2) is 48.5 Å². The lowest BCUT2D eigenvalue weighted by atomic mass is 10.0. The van der Waals surface area contributed by atoms with E-state index in [1.807, 2.05) is 42.5 Å². The molecule has 0 N–H and O–H groups in total. The van der Waals surface area contributed by atoms with E-state index in [0.717, 1.165) is 16.9 Å². The summed E-state index contributed by atoms with van der Waals surface area (Å²) in [5.74, 6) is 0.815. The van der Waals surface area contributed by atoms with Crippen molar-refractivity contribution in [2.24, 2.45) is 0 Å². The largest absolute Gasteiger partial charge is 0.497 e. The third-order valence-corrected chi connectivity index (χ3v) is 2.79. The van der Waals surface area contributed by atoms with Crippen molar-refractivity contribution in [2.75, 3.05) is 7.11 Å². The van der Waals surface area contributed by atoms with Gasteiger partial charge in [-0.15, -0.1) is 12.6 Å². The van der Waals surface area contributed by atoms with Gasteiger partial charge in [0.1, 0.15) is 5.75 Å². The fourth-order valence-corrected chi connectivity index (χ4v) is 1.75. The van der Waals surface area contributed by atoms with E-state index < -0.39 is 0 Å². The Balaban J connectivity index is 2.38. The van der Waals surface area contributed by atoms with Gasteiger partial charge in [0.2, 0.25) is 5.12 Å². The fourth-order valence-electron chi connectivity index (χ4n) is 1.62. The molecule has 2 aromatic carbocycles. The van der Waals surface area contributed by atoms with Gasteiger partial charge in [0, 0.05) is 5.56 Å². The highest BCUT2D eigenvalue weighted by Gasteiger charge is 2.03. The van der Waals surface area contributed by atoms with Gasteiger partial charge in [-0.3, -0.25) is 4.79 Å². The summed E-state index contributed by atoms with van der Waals surface area (Å²) in [6.45, 7) is 0. The molecule has 0 aliphatic carbocycles. The van der Waals surface area contributed by atoms with Crippen LogP contribution in [-0.4, -0.2) is 12.2 Å². The minimum atomic E-state index is -0.222. The number of carbonyl (C=O) groups excluding carboxylic acids is 1. The Morgan fingerprint density at radius 2 is 1.76 bits per heavy atom. The maximum Gasteiger partial charge on any atom is 0.216 e. The Hall–Kier alpha value is -1.74. The van der Waals surface area contributed by atoms with Crippen molar-refractivity contribution < 1.29 is 9.53 Å². The molecule has 0 spiro atoms. The molecule has 0 unspecified atom stereocenters. The quantitative estimate of drug-likeness (QED) is 0.837. The molecule has 2 rings (SSSR count). The number of hydrogen-bond donors (Lipinski definition) is 1. The van der Waals surface area contributed by atoms with Crippen LogP contribution < -0.4 is 4.74 Å². The highest BCUT2D eigenvalue weighted by molar-refractivity contribution is 7.97. The molecule has 0 saturated carbocycles. The van der Waals surface area contributed by atoms with Crippen LogP contribution in [0.2, 0.25) is 0 Å². The molecule has 0 atom stereocenters. The van der Waals surface area contributed by atoms with Gasteiger partial charge < -0.3 is 4.74 Å². The molecule has 0 saturated heterocycles. The topological polar surface area (TPSA) is 26.3 Å². The van der Waals surface area contributed by atoms with E-state index >= 15 is 0 Å². The Bertz CT molecular complexity index is 532. The zero-order valence-corrected chi connectivity index (χ0v) is 10.3. The Labute approximate surface area is 106 Å². The number of benzene rings is 2. The van der Waals surface area contributed by atoms with E-state index in [1.165, 1.54) is 0 Å². The van der Waals surface area contributed by atoms with Crippen LogP contribution in [0.5, 0.6) is 5.75 Å². The maximum atomic E-state index is 11.2. The van der Waals surface area contributed by atoms with Crippen molar-refractivity contribution in [3.05, 3.63) is 54.1 Å². The molecule has 2 nitrogen and oxygen atoms in total. The Morgan fingerprint density at radius 3 is 2.35 bits per heavy atom. The van der Waals surface area contributed by atoms with Gasteiger partial charge in [0.15, 0.2) is 0 Å². The summed E-state index contributed by atoms with van der Waals surface area (Å²) in [4.78, 5) is 11.2. The predicted molar refractivity (Wildman–Crippen MR) is 71.7 cm³/mol. The van der Waals surface area contributed by atoms with Crippen LogP contribution in [0.4, 0.5) is 0 Å². The van der Waals surface area contributed by atoms with E-state index in [-0.39, 0.29) is 5.12 Å². The smallest absolute Gasteiger partial charge is 0.216 e. The van der Waals surface area contributed by atoms with Crippen LogP contribution in [0, 0.1) is 0 Å². The molecule has 0 aromatic heterocycles. The summed E-state index contributed by atoms with van der Waals surface area (Å²) in [5.41, 5.74) is 2.64. The van der Waals surface area contributed by atoms with Gasteiger partial charge in [0.05, 0.1) is 7.11 Å². The zero-order valence-electron chi connectivity index (χ0n) is 9.38. The molecular weight excluding hydrogens is 232 g/mol. The van der Waals surface area contributed by atoms with Gasteiger partial charge >= 0.3 is 0 Å². The third-order valence-electron chi connectivity index (χ3n) is 2.53. The summed E-state index contributed by atoms with van der Waals surface area (Å²) in [7, 11) is 1.63. The fraction of sp³-hybridized carbons (Fsp3) is 0.0714. The van der Waals surface area contributed by atoms with Crippen LogP contribution in [-0.2, 0) is 0 Å². The molecule has 0 aliphatic heterocycles. The van der Waals surface area contributed by atoms with E-state index in [4.69, 9.17) is 4.74 Å². The van der Waals surface area contributed by atoms with Crippen molar-refractivity contribution in [3.63, 3.8) is 0 Å². The van der Waals surface area contributed by atoms with Gasteiger partial charge in [0.25, 0.3) is 0 Å². The molecule has 86 valence electrons. The number of hydrogen-bond acceptors (Lipinski definition) is 2. The lowest BCUT2D eigenvalue weighted by molar-refractivity contribution is 0.109. The van der Waals surface area contributed by atoms with E-state index in [1.54, 1.807) is 13.2 Å². The number of methoxy groups -OCH3 is 1. The van der Waals surface area contributed by atoms with E-state index in [0.29, 0.717) is 5.56 Å². The summed E-state index contributed by atoms with van der Waals surface area (Å²) in [5, 5.41) is -0.222. The summed E-state index contributed by atoms with van der Waals surface area (Å²) >= 11 is 3.82. The molecule has 17 heavy (non-hydrogen) atoms. The molecule has 0 heterocycles. The van der Waals surface area contributed by atoms with E-state index in [2.05, 4.69) is 12.6 Å². The normalized spacial score (nSPS) is 10.0.